The molecule has 1 aromatic carbocycles. The van der Waals surface area contributed by atoms with E-state index in [1.165, 1.54) is 5.56 Å². The van der Waals surface area contributed by atoms with Gasteiger partial charge in [0.15, 0.2) is 5.69 Å². The van der Waals surface area contributed by atoms with Crippen LogP contribution in [-0.2, 0) is 0 Å². The average molecular weight is 352 g/mol. The summed E-state index contributed by atoms with van der Waals surface area (Å²) in [6, 6.07) is 6.21. The van der Waals surface area contributed by atoms with Gasteiger partial charge in [-0.15, -0.1) is 0 Å². The predicted molar refractivity (Wildman–Crippen MR) is 99.3 cm³/mol. The van der Waals surface area contributed by atoms with Crippen molar-refractivity contribution >= 4 is 17.8 Å². The highest BCUT2D eigenvalue weighted by Gasteiger charge is 2.22. The summed E-state index contributed by atoms with van der Waals surface area (Å²) in [6.07, 6.45) is 3.35. The maximum atomic E-state index is 11.2. The molecule has 2 heterocycles. The van der Waals surface area contributed by atoms with Crippen molar-refractivity contribution < 1.29 is 9.45 Å². The highest BCUT2D eigenvalue weighted by Crippen LogP contribution is 2.27. The standard InChI is InChI=1S/C19H20N4O3/c1-11-6-8-17(12(2)10-11)22-15(5)16(13(3)20-22)7-9-18-19(23(24)25)14(4)21-26-18/h6-10H,1-5H3/b9-7+. The van der Waals surface area contributed by atoms with Gasteiger partial charge in [-0.25, -0.2) is 4.68 Å². The van der Waals surface area contributed by atoms with Crippen LogP contribution < -0.4 is 0 Å². The van der Waals surface area contributed by atoms with E-state index in [-0.39, 0.29) is 17.1 Å². The van der Waals surface area contributed by atoms with E-state index in [0.717, 1.165) is 28.2 Å². The number of nitro groups is 1. The zero-order valence-electron chi connectivity index (χ0n) is 15.4. The van der Waals surface area contributed by atoms with E-state index >= 15 is 0 Å². The zero-order valence-corrected chi connectivity index (χ0v) is 15.4. The lowest BCUT2D eigenvalue weighted by molar-refractivity contribution is -0.386. The average Bonchev–Trinajstić information content (AvgIpc) is 3.06. The number of hydrogen-bond acceptors (Lipinski definition) is 5. The molecule has 2 aromatic heterocycles. The van der Waals surface area contributed by atoms with E-state index in [2.05, 4.69) is 36.2 Å². The third-order valence-corrected chi connectivity index (χ3v) is 4.37. The van der Waals surface area contributed by atoms with Gasteiger partial charge in [-0.3, -0.25) is 10.1 Å². The smallest absolute Gasteiger partial charge is 0.338 e. The molecule has 0 atom stereocenters. The molecule has 134 valence electrons. The van der Waals surface area contributed by atoms with Crippen LogP contribution in [0.2, 0.25) is 0 Å². The fraction of sp³-hybridized carbons (Fsp3) is 0.263. The molecule has 0 aliphatic rings. The third-order valence-electron chi connectivity index (χ3n) is 4.37. The Hall–Kier alpha value is -3.22. The van der Waals surface area contributed by atoms with Crippen LogP contribution in [0.5, 0.6) is 0 Å². The second-order valence-corrected chi connectivity index (χ2v) is 6.36. The van der Waals surface area contributed by atoms with Crippen molar-refractivity contribution in [3.8, 4) is 5.69 Å². The lowest BCUT2D eigenvalue weighted by Gasteiger charge is -2.09. The molecular weight excluding hydrogens is 332 g/mol. The highest BCUT2D eigenvalue weighted by molar-refractivity contribution is 5.73. The Bertz CT molecular complexity index is 1030. The molecule has 0 spiro atoms. The molecule has 0 aliphatic heterocycles. The van der Waals surface area contributed by atoms with Crippen molar-refractivity contribution in [3.63, 3.8) is 0 Å². The number of benzene rings is 1. The van der Waals surface area contributed by atoms with E-state index in [9.17, 15) is 10.1 Å². The minimum absolute atomic E-state index is 0.113. The third kappa shape index (κ3) is 3.03. The molecule has 3 aromatic rings. The topological polar surface area (TPSA) is 87.0 Å². The lowest BCUT2D eigenvalue weighted by Crippen LogP contribution is -2.01. The van der Waals surface area contributed by atoms with Crippen molar-refractivity contribution in [1.29, 1.82) is 0 Å². The van der Waals surface area contributed by atoms with Crippen molar-refractivity contribution in [2.75, 3.05) is 0 Å². The summed E-state index contributed by atoms with van der Waals surface area (Å²) in [5.74, 6) is 0.130. The molecule has 0 bridgehead atoms. The Morgan fingerprint density at radius 1 is 1.12 bits per heavy atom. The van der Waals surface area contributed by atoms with Crippen molar-refractivity contribution in [3.05, 3.63) is 67.8 Å². The van der Waals surface area contributed by atoms with E-state index in [1.807, 2.05) is 24.6 Å². The van der Waals surface area contributed by atoms with Crippen LogP contribution in [0, 0.1) is 44.7 Å². The first kappa shape index (κ1) is 17.6. The molecule has 0 radical (unpaired) electrons. The number of hydrogen-bond donors (Lipinski definition) is 0. The first-order valence-electron chi connectivity index (χ1n) is 8.22. The highest BCUT2D eigenvalue weighted by atomic mass is 16.6. The molecule has 0 saturated heterocycles. The molecule has 0 unspecified atom stereocenters. The number of aromatic nitrogens is 3. The Kier molecular flexibility index (Phi) is 4.46. The van der Waals surface area contributed by atoms with E-state index in [0.29, 0.717) is 0 Å². The summed E-state index contributed by atoms with van der Waals surface area (Å²) in [7, 11) is 0. The van der Waals surface area contributed by atoms with Crippen LogP contribution in [0.1, 0.15) is 39.5 Å². The molecule has 0 N–H and O–H groups in total. The molecule has 7 heteroatoms. The lowest BCUT2D eigenvalue weighted by atomic mass is 10.1. The summed E-state index contributed by atoms with van der Waals surface area (Å²) >= 11 is 0. The van der Waals surface area contributed by atoms with Gasteiger partial charge in [0, 0.05) is 11.3 Å². The summed E-state index contributed by atoms with van der Waals surface area (Å²) in [4.78, 5) is 10.7. The van der Waals surface area contributed by atoms with E-state index < -0.39 is 4.92 Å². The fourth-order valence-corrected chi connectivity index (χ4v) is 3.05. The molecule has 0 aliphatic carbocycles. The first-order valence-corrected chi connectivity index (χ1v) is 8.22. The summed E-state index contributed by atoms with van der Waals surface area (Å²) < 4.78 is 6.97. The van der Waals surface area contributed by atoms with Gasteiger partial charge in [0.2, 0.25) is 5.76 Å². The van der Waals surface area contributed by atoms with Crippen LogP contribution in [-0.4, -0.2) is 19.9 Å². The van der Waals surface area contributed by atoms with Crippen LogP contribution >= 0.6 is 0 Å². The van der Waals surface area contributed by atoms with Gasteiger partial charge >= 0.3 is 5.69 Å². The maximum Gasteiger partial charge on any atom is 0.338 e. The second kappa shape index (κ2) is 6.59. The molecule has 0 fully saturated rings. The van der Waals surface area contributed by atoms with Gasteiger partial charge < -0.3 is 4.52 Å². The van der Waals surface area contributed by atoms with Gasteiger partial charge in [-0.2, -0.15) is 5.10 Å². The first-order chi connectivity index (χ1) is 12.3. The van der Waals surface area contributed by atoms with Crippen molar-refractivity contribution in [2.45, 2.75) is 34.6 Å². The number of nitrogens with zero attached hydrogens (tertiary/aromatic N) is 4. The molecule has 0 amide bonds. The van der Waals surface area contributed by atoms with Crippen molar-refractivity contribution in [2.24, 2.45) is 0 Å². The summed E-state index contributed by atoms with van der Waals surface area (Å²) in [5, 5.41) is 19.5. The van der Waals surface area contributed by atoms with E-state index in [4.69, 9.17) is 4.52 Å². The zero-order chi connectivity index (χ0) is 19.0. The van der Waals surface area contributed by atoms with Crippen LogP contribution in [0.25, 0.3) is 17.8 Å². The van der Waals surface area contributed by atoms with Crippen LogP contribution in [0.3, 0.4) is 0 Å². The van der Waals surface area contributed by atoms with Gasteiger partial charge in [0.25, 0.3) is 0 Å². The van der Waals surface area contributed by atoms with Crippen molar-refractivity contribution in [1.82, 2.24) is 14.9 Å². The Morgan fingerprint density at radius 3 is 2.50 bits per heavy atom. The van der Waals surface area contributed by atoms with Gasteiger partial charge in [0.05, 0.1) is 16.3 Å². The van der Waals surface area contributed by atoms with Crippen LogP contribution in [0.4, 0.5) is 5.69 Å². The minimum atomic E-state index is -0.482. The summed E-state index contributed by atoms with van der Waals surface area (Å²) in [5.41, 5.74) is 6.16. The fourth-order valence-electron chi connectivity index (χ4n) is 3.05. The SMILES string of the molecule is Cc1ccc(-n2nc(C)c(/C=C/c3onc(C)c3[N+](=O)[O-])c2C)c(C)c1. The number of aryl methyl sites for hydroxylation is 4. The number of rotatable bonds is 4. The Labute approximate surface area is 151 Å². The monoisotopic (exact) mass is 352 g/mol. The molecular formula is C19H20N4O3. The second-order valence-electron chi connectivity index (χ2n) is 6.36. The normalized spacial score (nSPS) is 11.4. The van der Waals surface area contributed by atoms with Gasteiger partial charge in [-0.05, 0) is 58.4 Å². The quantitative estimate of drug-likeness (QED) is 0.510. The largest absolute Gasteiger partial charge is 0.349 e. The maximum absolute atomic E-state index is 11.2. The van der Waals surface area contributed by atoms with Crippen LogP contribution in [0.15, 0.2) is 22.7 Å². The predicted octanol–water partition coefficient (Wildman–Crippen LogP) is 4.48. The van der Waals surface area contributed by atoms with E-state index in [1.54, 1.807) is 19.1 Å². The molecule has 26 heavy (non-hydrogen) atoms. The molecule has 7 nitrogen and oxygen atoms in total. The summed E-state index contributed by atoms with van der Waals surface area (Å²) in [6.45, 7) is 9.53. The van der Waals surface area contributed by atoms with Gasteiger partial charge in [0.1, 0.15) is 0 Å². The Balaban J connectivity index is 2.03. The minimum Gasteiger partial charge on any atom is -0.349 e. The Morgan fingerprint density at radius 2 is 1.85 bits per heavy atom. The van der Waals surface area contributed by atoms with Gasteiger partial charge in [-0.1, -0.05) is 22.9 Å². The molecule has 0 saturated carbocycles. The molecule has 3 rings (SSSR count).